The van der Waals surface area contributed by atoms with Gasteiger partial charge in [-0.25, -0.2) is 0 Å². The highest BCUT2D eigenvalue weighted by molar-refractivity contribution is 5.85. The summed E-state index contributed by atoms with van der Waals surface area (Å²) in [5.41, 5.74) is 1.99. The van der Waals surface area contributed by atoms with Crippen LogP contribution in [0.25, 0.3) is 0 Å². The minimum atomic E-state index is 0.254. The molecule has 0 saturated heterocycles. The van der Waals surface area contributed by atoms with Gasteiger partial charge in [-0.05, 0) is 31.4 Å². The monoisotopic (exact) mass is 205 g/mol. The normalized spacial score (nSPS) is 11.9. The van der Waals surface area contributed by atoms with Crippen molar-refractivity contribution in [3.05, 3.63) is 29.3 Å². The van der Waals surface area contributed by atoms with Crippen LogP contribution in [0.5, 0.6) is 5.75 Å². The second-order valence-corrected chi connectivity index (χ2v) is 4.31. The number of phenols is 1. The molecule has 0 spiro atoms. The summed E-state index contributed by atoms with van der Waals surface area (Å²) < 4.78 is 0. The minimum Gasteiger partial charge on any atom is -0.507 e. The van der Waals surface area contributed by atoms with Crippen LogP contribution in [0.15, 0.2) is 23.2 Å². The van der Waals surface area contributed by atoms with Crippen molar-refractivity contribution in [3.8, 4) is 5.75 Å². The summed E-state index contributed by atoms with van der Waals surface area (Å²) in [6, 6.07) is 5.86. The first-order valence-corrected chi connectivity index (χ1v) is 5.37. The fraction of sp³-hybridized carbons (Fsp3) is 0.462. The molecule has 0 atom stereocenters. The average Bonchev–Trinajstić information content (AvgIpc) is 2.15. The van der Waals surface area contributed by atoms with Gasteiger partial charge >= 0.3 is 0 Å². The maximum atomic E-state index is 9.76. The largest absolute Gasteiger partial charge is 0.507 e. The number of benzene rings is 1. The molecule has 82 valence electrons. The van der Waals surface area contributed by atoms with Crippen LogP contribution < -0.4 is 0 Å². The van der Waals surface area contributed by atoms with Crippen molar-refractivity contribution in [3.63, 3.8) is 0 Å². The highest BCUT2D eigenvalue weighted by atomic mass is 16.3. The number of nitrogens with zero attached hydrogens (tertiary/aromatic N) is 1. The number of hydrogen-bond acceptors (Lipinski definition) is 2. The van der Waals surface area contributed by atoms with Gasteiger partial charge in [0.15, 0.2) is 0 Å². The molecular weight excluding hydrogens is 186 g/mol. The molecule has 1 aromatic carbocycles. The third-order valence-electron chi connectivity index (χ3n) is 2.24. The van der Waals surface area contributed by atoms with Gasteiger partial charge < -0.3 is 5.11 Å². The molecule has 1 N–H and O–H groups in total. The Morgan fingerprint density at radius 1 is 1.20 bits per heavy atom. The van der Waals surface area contributed by atoms with E-state index in [9.17, 15) is 5.11 Å². The van der Waals surface area contributed by atoms with Crippen LogP contribution in [-0.2, 0) is 0 Å². The van der Waals surface area contributed by atoms with Crippen molar-refractivity contribution >= 4 is 6.21 Å². The van der Waals surface area contributed by atoms with Gasteiger partial charge in [-0.2, -0.15) is 0 Å². The van der Waals surface area contributed by atoms with Crippen LogP contribution in [0, 0.1) is 0 Å². The zero-order valence-electron chi connectivity index (χ0n) is 9.86. The van der Waals surface area contributed by atoms with Gasteiger partial charge in [-0.15, -0.1) is 0 Å². The van der Waals surface area contributed by atoms with E-state index in [0.29, 0.717) is 11.7 Å². The molecule has 1 aromatic rings. The zero-order valence-corrected chi connectivity index (χ0v) is 9.86. The molecule has 0 aliphatic carbocycles. The van der Waals surface area contributed by atoms with Gasteiger partial charge in [0.25, 0.3) is 0 Å². The molecule has 0 amide bonds. The van der Waals surface area contributed by atoms with E-state index in [1.165, 1.54) is 0 Å². The van der Waals surface area contributed by atoms with Crippen molar-refractivity contribution in [2.75, 3.05) is 0 Å². The van der Waals surface area contributed by atoms with Crippen molar-refractivity contribution in [1.29, 1.82) is 0 Å². The van der Waals surface area contributed by atoms with Crippen molar-refractivity contribution in [1.82, 2.24) is 0 Å². The van der Waals surface area contributed by atoms with Gasteiger partial charge in [-0.3, -0.25) is 4.99 Å². The predicted octanol–water partition coefficient (Wildman–Crippen LogP) is 3.34. The maximum Gasteiger partial charge on any atom is 0.124 e. The van der Waals surface area contributed by atoms with Crippen molar-refractivity contribution in [2.45, 2.75) is 39.7 Å². The third kappa shape index (κ3) is 3.08. The molecule has 0 fully saturated rings. The van der Waals surface area contributed by atoms with Gasteiger partial charge in [0.1, 0.15) is 5.75 Å². The fourth-order valence-corrected chi connectivity index (χ4v) is 1.44. The first kappa shape index (κ1) is 11.8. The molecule has 0 bridgehead atoms. The molecular formula is C13H19NO. The summed E-state index contributed by atoms with van der Waals surface area (Å²) in [7, 11) is 0. The highest BCUT2D eigenvalue weighted by Crippen LogP contribution is 2.25. The van der Waals surface area contributed by atoms with E-state index < -0.39 is 0 Å². The van der Waals surface area contributed by atoms with E-state index in [2.05, 4.69) is 18.8 Å². The number of aromatic hydroxyl groups is 1. The van der Waals surface area contributed by atoms with Crippen LogP contribution in [0.3, 0.4) is 0 Å². The smallest absolute Gasteiger partial charge is 0.124 e. The van der Waals surface area contributed by atoms with Gasteiger partial charge in [0.2, 0.25) is 0 Å². The first-order chi connectivity index (χ1) is 7.02. The van der Waals surface area contributed by atoms with E-state index in [1.54, 1.807) is 12.3 Å². The van der Waals surface area contributed by atoms with Crippen LogP contribution in [0.2, 0.25) is 0 Å². The van der Waals surface area contributed by atoms with Gasteiger partial charge in [0, 0.05) is 17.8 Å². The number of rotatable bonds is 3. The Balaban J connectivity index is 3.13. The summed E-state index contributed by atoms with van der Waals surface area (Å²) in [5.74, 6) is 0.705. The molecule has 0 aromatic heterocycles. The van der Waals surface area contributed by atoms with Crippen molar-refractivity contribution < 1.29 is 5.11 Å². The summed E-state index contributed by atoms with van der Waals surface area (Å²) in [4.78, 5) is 4.31. The van der Waals surface area contributed by atoms with E-state index in [4.69, 9.17) is 0 Å². The molecule has 0 heterocycles. The fourth-order valence-electron chi connectivity index (χ4n) is 1.44. The molecule has 0 radical (unpaired) electrons. The highest BCUT2D eigenvalue weighted by Gasteiger charge is 2.08. The second kappa shape index (κ2) is 4.96. The molecule has 15 heavy (non-hydrogen) atoms. The summed E-state index contributed by atoms with van der Waals surface area (Å²) >= 11 is 0. The van der Waals surface area contributed by atoms with Crippen molar-refractivity contribution in [2.24, 2.45) is 4.99 Å². The van der Waals surface area contributed by atoms with E-state index in [0.717, 1.165) is 11.1 Å². The third-order valence-corrected chi connectivity index (χ3v) is 2.24. The predicted molar refractivity (Wildman–Crippen MR) is 64.9 cm³/mol. The molecule has 1 rings (SSSR count). The zero-order chi connectivity index (χ0) is 11.4. The average molecular weight is 205 g/mol. The second-order valence-electron chi connectivity index (χ2n) is 4.31. The van der Waals surface area contributed by atoms with Crippen LogP contribution in [-0.4, -0.2) is 17.4 Å². The quantitative estimate of drug-likeness (QED) is 0.754. The number of phenolic OH excluding ortho intramolecular Hbond substituents is 1. The van der Waals surface area contributed by atoms with E-state index in [1.807, 2.05) is 26.0 Å². The summed E-state index contributed by atoms with van der Waals surface area (Å²) in [6.45, 7) is 8.26. The SMILES string of the molecule is CC(C)N=Cc1c(O)cccc1C(C)C. The molecule has 0 aliphatic heterocycles. The molecule has 0 saturated carbocycles. The minimum absolute atomic E-state index is 0.254. The Hall–Kier alpha value is -1.31. The lowest BCUT2D eigenvalue weighted by Gasteiger charge is -2.11. The lowest BCUT2D eigenvalue weighted by atomic mass is 9.97. The molecule has 0 aliphatic rings. The van der Waals surface area contributed by atoms with Gasteiger partial charge in [0.05, 0.1) is 0 Å². The lowest BCUT2D eigenvalue weighted by molar-refractivity contribution is 0.473. The summed E-state index contributed by atoms with van der Waals surface area (Å²) in [6.07, 6.45) is 1.77. The lowest BCUT2D eigenvalue weighted by Crippen LogP contribution is -1.98. The molecule has 0 unspecified atom stereocenters. The molecule has 2 heteroatoms. The van der Waals surface area contributed by atoms with Crippen LogP contribution in [0.1, 0.15) is 44.7 Å². The van der Waals surface area contributed by atoms with Gasteiger partial charge in [-0.1, -0.05) is 26.0 Å². The topological polar surface area (TPSA) is 32.6 Å². The Morgan fingerprint density at radius 3 is 2.40 bits per heavy atom. The van der Waals surface area contributed by atoms with Crippen LogP contribution in [0.4, 0.5) is 0 Å². The number of aliphatic imine (C=N–C) groups is 1. The standard InChI is InChI=1S/C13H19NO/c1-9(2)11-6-5-7-13(15)12(11)8-14-10(3)4/h5-10,15H,1-4H3. The number of hydrogen-bond donors (Lipinski definition) is 1. The van der Waals surface area contributed by atoms with Crippen LogP contribution >= 0.6 is 0 Å². The summed E-state index contributed by atoms with van der Waals surface area (Å²) in [5, 5.41) is 9.76. The Morgan fingerprint density at radius 2 is 1.87 bits per heavy atom. The Labute approximate surface area is 91.7 Å². The maximum absolute atomic E-state index is 9.76. The Kier molecular flexibility index (Phi) is 3.89. The van der Waals surface area contributed by atoms with E-state index in [-0.39, 0.29) is 6.04 Å². The Bertz CT molecular complexity index is 354. The molecule has 2 nitrogen and oxygen atoms in total. The first-order valence-electron chi connectivity index (χ1n) is 5.37. The van der Waals surface area contributed by atoms with E-state index >= 15 is 0 Å².